The molecule has 7 heteroatoms. The van der Waals surface area contributed by atoms with Crippen molar-refractivity contribution < 1.29 is 19.4 Å². The Morgan fingerprint density at radius 3 is 2.75 bits per heavy atom. The number of H-pyrrole nitrogens is 1. The molecule has 1 aliphatic rings. The molecule has 0 fully saturated rings. The van der Waals surface area contributed by atoms with E-state index in [9.17, 15) is 9.59 Å². The molecular weight excluding hydrogens is 264 g/mol. The summed E-state index contributed by atoms with van der Waals surface area (Å²) in [6, 6.07) is 4.96. The van der Waals surface area contributed by atoms with Crippen molar-refractivity contribution in [3.05, 3.63) is 40.4 Å². The number of benzene rings is 1. The van der Waals surface area contributed by atoms with Gasteiger partial charge in [-0.05, 0) is 18.2 Å². The number of hydrogen-bond acceptors (Lipinski definition) is 5. The van der Waals surface area contributed by atoms with E-state index in [1.807, 2.05) is 0 Å². The highest BCUT2D eigenvalue weighted by Crippen LogP contribution is 2.34. The predicted octanol–water partition coefficient (Wildman–Crippen LogP) is 0.906. The molecule has 1 aromatic heterocycles. The number of aromatic carboxylic acids is 1. The molecule has 0 radical (unpaired) electrons. The molecule has 0 aliphatic carbocycles. The van der Waals surface area contributed by atoms with Crippen LogP contribution in [0.25, 0.3) is 11.3 Å². The number of carboxylic acids is 1. The molecule has 0 saturated carbocycles. The molecule has 7 nitrogen and oxygen atoms in total. The van der Waals surface area contributed by atoms with Gasteiger partial charge in [-0.2, -0.15) is 0 Å². The van der Waals surface area contributed by atoms with Crippen LogP contribution < -0.4 is 15.2 Å². The van der Waals surface area contributed by atoms with E-state index in [1.54, 1.807) is 18.2 Å². The topological polar surface area (TPSA) is 102 Å². The van der Waals surface area contributed by atoms with Gasteiger partial charge in [0.25, 0.3) is 0 Å². The number of carbonyl (C=O) groups is 1. The molecule has 0 amide bonds. The lowest BCUT2D eigenvalue weighted by atomic mass is 10.1. The Morgan fingerprint density at radius 1 is 1.25 bits per heavy atom. The minimum Gasteiger partial charge on any atom is -0.486 e. The maximum Gasteiger partial charge on any atom is 0.345 e. The molecule has 0 bridgehead atoms. The van der Waals surface area contributed by atoms with Gasteiger partial charge in [0.2, 0.25) is 0 Å². The molecule has 0 spiro atoms. The van der Waals surface area contributed by atoms with Crippen molar-refractivity contribution in [2.45, 2.75) is 0 Å². The van der Waals surface area contributed by atoms with Gasteiger partial charge in [-0.1, -0.05) is 0 Å². The Balaban J connectivity index is 2.15. The van der Waals surface area contributed by atoms with Gasteiger partial charge in [0.15, 0.2) is 11.5 Å². The SMILES string of the molecule is O=C(O)c1cnc(=O)[nH]c1-c1ccc2c(c1)OCCO2. The van der Waals surface area contributed by atoms with Crippen molar-refractivity contribution in [3.63, 3.8) is 0 Å². The van der Waals surface area contributed by atoms with Crippen molar-refractivity contribution in [3.8, 4) is 22.8 Å². The summed E-state index contributed by atoms with van der Waals surface area (Å²) in [5, 5.41) is 9.14. The third-order valence-electron chi connectivity index (χ3n) is 2.87. The number of ether oxygens (including phenoxy) is 2. The molecule has 2 N–H and O–H groups in total. The minimum atomic E-state index is -1.17. The number of carboxylic acid groups (broad SMARTS) is 1. The largest absolute Gasteiger partial charge is 0.486 e. The van der Waals surface area contributed by atoms with Crippen molar-refractivity contribution in [2.75, 3.05) is 13.2 Å². The zero-order chi connectivity index (χ0) is 14.1. The summed E-state index contributed by atoms with van der Waals surface area (Å²) in [5.74, 6) is -0.0605. The summed E-state index contributed by atoms with van der Waals surface area (Å²) in [5.41, 5.74) is 0.0155. The highest BCUT2D eigenvalue weighted by molar-refractivity contribution is 5.94. The van der Waals surface area contributed by atoms with Crippen molar-refractivity contribution >= 4 is 5.97 Å². The van der Waals surface area contributed by atoms with E-state index in [0.29, 0.717) is 30.3 Å². The minimum absolute atomic E-state index is 0.0822. The number of nitrogens with one attached hydrogen (secondary N) is 1. The van der Waals surface area contributed by atoms with E-state index >= 15 is 0 Å². The van der Waals surface area contributed by atoms with Crippen molar-refractivity contribution in [2.24, 2.45) is 0 Å². The van der Waals surface area contributed by atoms with E-state index in [1.165, 1.54) is 0 Å². The second kappa shape index (κ2) is 4.69. The smallest absolute Gasteiger partial charge is 0.345 e. The number of fused-ring (bicyclic) bond motifs is 1. The van der Waals surface area contributed by atoms with Crippen LogP contribution in [-0.4, -0.2) is 34.3 Å². The van der Waals surface area contributed by atoms with Gasteiger partial charge in [-0.3, -0.25) is 0 Å². The Morgan fingerprint density at radius 2 is 2.00 bits per heavy atom. The monoisotopic (exact) mass is 274 g/mol. The van der Waals surface area contributed by atoms with Crippen molar-refractivity contribution in [1.29, 1.82) is 0 Å². The number of aromatic amines is 1. The number of nitrogens with zero attached hydrogens (tertiary/aromatic N) is 1. The van der Waals surface area contributed by atoms with E-state index in [0.717, 1.165) is 6.20 Å². The van der Waals surface area contributed by atoms with Crippen LogP contribution in [0.3, 0.4) is 0 Å². The molecule has 102 valence electrons. The normalized spacial score (nSPS) is 13.0. The van der Waals surface area contributed by atoms with Crippen LogP contribution in [0.15, 0.2) is 29.2 Å². The van der Waals surface area contributed by atoms with Crippen LogP contribution in [0.1, 0.15) is 10.4 Å². The van der Waals surface area contributed by atoms with Crippen LogP contribution in [0.4, 0.5) is 0 Å². The maximum atomic E-state index is 11.3. The third-order valence-corrected chi connectivity index (χ3v) is 2.87. The first kappa shape index (κ1) is 12.2. The lowest BCUT2D eigenvalue weighted by Crippen LogP contribution is -2.16. The van der Waals surface area contributed by atoms with Gasteiger partial charge in [0.05, 0.1) is 5.69 Å². The lowest BCUT2D eigenvalue weighted by molar-refractivity contribution is 0.0697. The van der Waals surface area contributed by atoms with Gasteiger partial charge < -0.3 is 19.6 Å². The first-order valence-electron chi connectivity index (χ1n) is 5.88. The second-order valence-corrected chi connectivity index (χ2v) is 4.14. The average molecular weight is 274 g/mol. The maximum absolute atomic E-state index is 11.3. The fourth-order valence-electron chi connectivity index (χ4n) is 1.98. The summed E-state index contributed by atoms with van der Waals surface area (Å²) in [4.78, 5) is 28.4. The van der Waals surface area contributed by atoms with E-state index < -0.39 is 11.7 Å². The first-order chi connectivity index (χ1) is 9.65. The fraction of sp³-hybridized carbons (Fsp3) is 0.154. The molecule has 3 rings (SSSR count). The van der Waals surface area contributed by atoms with Crippen LogP contribution in [0, 0.1) is 0 Å². The van der Waals surface area contributed by atoms with Crippen LogP contribution in [-0.2, 0) is 0 Å². The highest BCUT2D eigenvalue weighted by Gasteiger charge is 2.17. The van der Waals surface area contributed by atoms with Gasteiger partial charge in [-0.25, -0.2) is 14.6 Å². The van der Waals surface area contributed by atoms with Gasteiger partial charge in [0.1, 0.15) is 18.8 Å². The Hall–Kier alpha value is -2.83. The molecule has 1 aromatic carbocycles. The molecule has 0 unspecified atom stereocenters. The van der Waals surface area contributed by atoms with E-state index in [4.69, 9.17) is 14.6 Å². The average Bonchev–Trinajstić information content (AvgIpc) is 2.46. The third kappa shape index (κ3) is 2.09. The molecule has 2 aromatic rings. The Kier molecular flexibility index (Phi) is 2.86. The molecule has 1 aliphatic heterocycles. The standard InChI is InChI=1S/C13H10N2O5/c16-12(17)8-6-14-13(18)15-11(8)7-1-2-9-10(5-7)20-4-3-19-9/h1-2,5-6H,3-4H2,(H,16,17)(H,14,15,18). The first-order valence-corrected chi connectivity index (χ1v) is 5.88. The quantitative estimate of drug-likeness (QED) is 0.843. The van der Waals surface area contributed by atoms with Gasteiger partial charge in [0, 0.05) is 11.8 Å². The molecule has 0 saturated heterocycles. The second-order valence-electron chi connectivity index (χ2n) is 4.14. The fourth-order valence-corrected chi connectivity index (χ4v) is 1.98. The van der Waals surface area contributed by atoms with E-state index in [2.05, 4.69) is 9.97 Å². The highest BCUT2D eigenvalue weighted by atomic mass is 16.6. The summed E-state index contributed by atoms with van der Waals surface area (Å²) < 4.78 is 10.8. The summed E-state index contributed by atoms with van der Waals surface area (Å²) in [6.45, 7) is 0.897. The molecule has 20 heavy (non-hydrogen) atoms. The summed E-state index contributed by atoms with van der Waals surface area (Å²) in [6.07, 6.45) is 1.04. The van der Waals surface area contributed by atoms with Gasteiger partial charge >= 0.3 is 11.7 Å². The zero-order valence-corrected chi connectivity index (χ0v) is 10.3. The summed E-state index contributed by atoms with van der Waals surface area (Å²) in [7, 11) is 0. The number of hydrogen-bond donors (Lipinski definition) is 2. The molecular formula is C13H10N2O5. The molecule has 2 heterocycles. The number of rotatable bonds is 2. The van der Waals surface area contributed by atoms with Crippen LogP contribution in [0.5, 0.6) is 11.5 Å². The lowest BCUT2D eigenvalue weighted by Gasteiger charge is -2.19. The molecule has 0 atom stereocenters. The van der Waals surface area contributed by atoms with Gasteiger partial charge in [-0.15, -0.1) is 0 Å². The van der Waals surface area contributed by atoms with E-state index in [-0.39, 0.29) is 11.3 Å². The predicted molar refractivity (Wildman–Crippen MR) is 68.2 cm³/mol. The van der Waals surface area contributed by atoms with Crippen LogP contribution >= 0.6 is 0 Å². The summed E-state index contributed by atoms with van der Waals surface area (Å²) >= 11 is 0. The van der Waals surface area contributed by atoms with Crippen LogP contribution in [0.2, 0.25) is 0 Å². The Labute approximate surface area is 112 Å². The zero-order valence-electron chi connectivity index (χ0n) is 10.3. The number of aromatic nitrogens is 2. The Bertz CT molecular complexity index is 738. The van der Waals surface area contributed by atoms with Crippen molar-refractivity contribution in [1.82, 2.24) is 9.97 Å².